The molecule has 104 valence electrons. The molecule has 1 atom stereocenters. The van der Waals surface area contributed by atoms with Crippen LogP contribution in [-0.4, -0.2) is 19.3 Å². The standard InChI is InChI=1S/C16H23NO2/c1-16(2)8-4-7-14(16)17-11-12-5-3-6-13-15(12)19-10-9-18-13/h3,5-6,14,17H,4,7-11H2,1-2H3. The Morgan fingerprint density at radius 3 is 2.89 bits per heavy atom. The minimum atomic E-state index is 0.409. The SMILES string of the molecule is CC1(C)CCCC1NCc1cccc2c1OCCO2. The van der Waals surface area contributed by atoms with Crippen molar-refractivity contribution in [2.45, 2.75) is 45.7 Å². The second kappa shape index (κ2) is 5.04. The van der Waals surface area contributed by atoms with E-state index < -0.39 is 0 Å². The highest BCUT2D eigenvalue weighted by Gasteiger charge is 2.34. The van der Waals surface area contributed by atoms with Gasteiger partial charge in [-0.15, -0.1) is 0 Å². The van der Waals surface area contributed by atoms with Gasteiger partial charge in [0.25, 0.3) is 0 Å². The van der Waals surface area contributed by atoms with Crippen molar-refractivity contribution in [3.63, 3.8) is 0 Å². The predicted molar refractivity (Wildman–Crippen MR) is 75.7 cm³/mol. The van der Waals surface area contributed by atoms with E-state index in [1.54, 1.807) is 0 Å². The number of benzene rings is 1. The molecule has 19 heavy (non-hydrogen) atoms. The second-order valence-corrected chi connectivity index (χ2v) is 6.26. The molecular formula is C16H23NO2. The van der Waals surface area contributed by atoms with Crippen LogP contribution in [0, 0.1) is 5.41 Å². The number of hydrogen-bond donors (Lipinski definition) is 1. The number of hydrogen-bond acceptors (Lipinski definition) is 3. The highest BCUT2D eigenvalue weighted by molar-refractivity contribution is 5.47. The molecule has 0 saturated heterocycles. The van der Waals surface area contributed by atoms with E-state index in [4.69, 9.17) is 9.47 Å². The Morgan fingerprint density at radius 1 is 1.26 bits per heavy atom. The molecule has 1 fully saturated rings. The summed E-state index contributed by atoms with van der Waals surface area (Å²) in [6.07, 6.45) is 3.92. The number of para-hydroxylation sites is 1. The van der Waals surface area contributed by atoms with Crippen molar-refractivity contribution >= 4 is 0 Å². The monoisotopic (exact) mass is 261 g/mol. The van der Waals surface area contributed by atoms with Crippen LogP contribution in [0.1, 0.15) is 38.7 Å². The summed E-state index contributed by atoms with van der Waals surface area (Å²) in [6.45, 7) is 6.88. The number of ether oxygens (including phenoxy) is 2. The Bertz CT molecular complexity index is 456. The Labute approximate surface area is 115 Å². The van der Waals surface area contributed by atoms with Crippen LogP contribution in [0.25, 0.3) is 0 Å². The van der Waals surface area contributed by atoms with Crippen molar-refractivity contribution in [1.29, 1.82) is 0 Å². The smallest absolute Gasteiger partial charge is 0.165 e. The van der Waals surface area contributed by atoms with Crippen molar-refractivity contribution in [3.05, 3.63) is 23.8 Å². The van der Waals surface area contributed by atoms with Gasteiger partial charge in [0.15, 0.2) is 11.5 Å². The van der Waals surface area contributed by atoms with Crippen LogP contribution in [-0.2, 0) is 6.54 Å². The van der Waals surface area contributed by atoms with E-state index in [0.717, 1.165) is 18.0 Å². The van der Waals surface area contributed by atoms with E-state index in [-0.39, 0.29) is 0 Å². The zero-order valence-corrected chi connectivity index (χ0v) is 11.9. The lowest BCUT2D eigenvalue weighted by atomic mass is 9.87. The van der Waals surface area contributed by atoms with Crippen LogP contribution in [0.5, 0.6) is 11.5 Å². The quantitative estimate of drug-likeness (QED) is 0.906. The fourth-order valence-corrected chi connectivity index (χ4v) is 3.21. The van der Waals surface area contributed by atoms with E-state index in [2.05, 4.69) is 25.2 Å². The summed E-state index contributed by atoms with van der Waals surface area (Å²) >= 11 is 0. The first-order valence-electron chi connectivity index (χ1n) is 7.28. The summed E-state index contributed by atoms with van der Waals surface area (Å²) in [5, 5.41) is 3.70. The maximum atomic E-state index is 5.76. The minimum absolute atomic E-state index is 0.409. The molecule has 3 rings (SSSR count). The Hall–Kier alpha value is -1.22. The topological polar surface area (TPSA) is 30.5 Å². The molecule has 1 aromatic carbocycles. The van der Waals surface area contributed by atoms with Gasteiger partial charge in [-0.2, -0.15) is 0 Å². The van der Waals surface area contributed by atoms with E-state index >= 15 is 0 Å². The van der Waals surface area contributed by atoms with Gasteiger partial charge in [0.2, 0.25) is 0 Å². The zero-order valence-electron chi connectivity index (χ0n) is 11.9. The van der Waals surface area contributed by atoms with Crippen LogP contribution < -0.4 is 14.8 Å². The van der Waals surface area contributed by atoms with E-state index in [0.29, 0.717) is 24.7 Å². The predicted octanol–water partition coefficient (Wildman–Crippen LogP) is 3.13. The van der Waals surface area contributed by atoms with Gasteiger partial charge in [-0.3, -0.25) is 0 Å². The van der Waals surface area contributed by atoms with Crippen LogP contribution in [0.15, 0.2) is 18.2 Å². The van der Waals surface area contributed by atoms with E-state index in [9.17, 15) is 0 Å². The lowest BCUT2D eigenvalue weighted by Crippen LogP contribution is -2.37. The fraction of sp³-hybridized carbons (Fsp3) is 0.625. The molecule has 3 nitrogen and oxygen atoms in total. The third-order valence-electron chi connectivity index (χ3n) is 4.44. The van der Waals surface area contributed by atoms with Crippen molar-refractivity contribution in [3.8, 4) is 11.5 Å². The van der Waals surface area contributed by atoms with Gasteiger partial charge in [-0.05, 0) is 24.3 Å². The molecule has 1 aliphatic carbocycles. The molecule has 1 saturated carbocycles. The lowest BCUT2D eigenvalue weighted by molar-refractivity contribution is 0.169. The summed E-state index contributed by atoms with van der Waals surface area (Å²) in [5.41, 5.74) is 1.62. The lowest BCUT2D eigenvalue weighted by Gasteiger charge is -2.29. The van der Waals surface area contributed by atoms with Gasteiger partial charge in [0, 0.05) is 18.2 Å². The summed E-state index contributed by atoms with van der Waals surface area (Å²) in [7, 11) is 0. The molecule has 0 amide bonds. The third kappa shape index (κ3) is 2.57. The molecule has 0 bridgehead atoms. The molecule has 0 aromatic heterocycles. The summed E-state index contributed by atoms with van der Waals surface area (Å²) in [6, 6.07) is 6.76. The Balaban J connectivity index is 1.70. The molecule has 1 heterocycles. The molecule has 1 N–H and O–H groups in total. The maximum absolute atomic E-state index is 5.76. The molecular weight excluding hydrogens is 238 g/mol. The first-order chi connectivity index (χ1) is 9.17. The van der Waals surface area contributed by atoms with Gasteiger partial charge in [0.05, 0.1) is 0 Å². The maximum Gasteiger partial charge on any atom is 0.165 e. The molecule has 2 aliphatic rings. The van der Waals surface area contributed by atoms with Gasteiger partial charge in [-0.25, -0.2) is 0 Å². The van der Waals surface area contributed by atoms with Gasteiger partial charge in [-0.1, -0.05) is 32.4 Å². The molecule has 1 unspecified atom stereocenters. The number of fused-ring (bicyclic) bond motifs is 1. The summed E-state index contributed by atoms with van der Waals surface area (Å²) < 4.78 is 11.4. The highest BCUT2D eigenvalue weighted by Crippen LogP contribution is 2.38. The van der Waals surface area contributed by atoms with Crippen molar-refractivity contribution in [1.82, 2.24) is 5.32 Å². The van der Waals surface area contributed by atoms with E-state index in [1.165, 1.54) is 24.8 Å². The first kappa shape index (κ1) is 12.8. The van der Waals surface area contributed by atoms with Crippen molar-refractivity contribution in [2.75, 3.05) is 13.2 Å². The molecule has 0 radical (unpaired) electrons. The van der Waals surface area contributed by atoms with Crippen LogP contribution in [0.3, 0.4) is 0 Å². The second-order valence-electron chi connectivity index (χ2n) is 6.26. The summed E-state index contributed by atoms with van der Waals surface area (Å²) in [5.74, 6) is 1.81. The normalized spacial score (nSPS) is 24.4. The van der Waals surface area contributed by atoms with Crippen molar-refractivity contribution < 1.29 is 9.47 Å². The average molecular weight is 261 g/mol. The molecule has 3 heteroatoms. The molecule has 1 aliphatic heterocycles. The minimum Gasteiger partial charge on any atom is -0.486 e. The van der Waals surface area contributed by atoms with Gasteiger partial charge in [0.1, 0.15) is 13.2 Å². The first-order valence-corrected chi connectivity index (χ1v) is 7.28. The largest absolute Gasteiger partial charge is 0.486 e. The zero-order chi connectivity index (χ0) is 13.3. The average Bonchev–Trinajstić information content (AvgIpc) is 2.75. The van der Waals surface area contributed by atoms with Gasteiger partial charge < -0.3 is 14.8 Å². The highest BCUT2D eigenvalue weighted by atomic mass is 16.6. The molecule has 1 aromatic rings. The van der Waals surface area contributed by atoms with Crippen molar-refractivity contribution in [2.24, 2.45) is 5.41 Å². The Morgan fingerprint density at radius 2 is 2.11 bits per heavy atom. The molecule has 0 spiro atoms. The Kier molecular flexibility index (Phi) is 3.40. The van der Waals surface area contributed by atoms with Gasteiger partial charge >= 0.3 is 0 Å². The number of nitrogens with one attached hydrogen (secondary N) is 1. The van der Waals surface area contributed by atoms with Crippen LogP contribution >= 0.6 is 0 Å². The van der Waals surface area contributed by atoms with Crippen LogP contribution in [0.2, 0.25) is 0 Å². The third-order valence-corrected chi connectivity index (χ3v) is 4.44. The van der Waals surface area contributed by atoms with Crippen LogP contribution in [0.4, 0.5) is 0 Å². The number of rotatable bonds is 3. The van der Waals surface area contributed by atoms with E-state index in [1.807, 2.05) is 12.1 Å². The summed E-state index contributed by atoms with van der Waals surface area (Å²) in [4.78, 5) is 0. The fourth-order valence-electron chi connectivity index (χ4n) is 3.21.